The summed E-state index contributed by atoms with van der Waals surface area (Å²) in [5.74, 6) is 0. The monoisotopic (exact) mass is 152 g/mol. The molecule has 4 heteroatoms. The Labute approximate surface area is 65.4 Å². The Balaban J connectivity index is 2.12. The van der Waals surface area contributed by atoms with E-state index in [4.69, 9.17) is 5.73 Å². The lowest BCUT2D eigenvalue weighted by atomic mass is 10.1. The van der Waals surface area contributed by atoms with Crippen molar-refractivity contribution in [1.29, 1.82) is 0 Å². The zero-order chi connectivity index (χ0) is 7.90. The van der Waals surface area contributed by atoms with Gasteiger partial charge in [-0.2, -0.15) is 0 Å². The molecular weight excluding hydrogens is 140 g/mol. The van der Waals surface area contributed by atoms with Gasteiger partial charge < -0.3 is 5.73 Å². The Kier molecular flexibility index (Phi) is 1.26. The third kappa shape index (κ3) is 1.26. The maximum Gasteiger partial charge on any atom is 0.0725 e. The lowest BCUT2D eigenvalue weighted by Crippen LogP contribution is -2.25. The van der Waals surface area contributed by atoms with Crippen molar-refractivity contribution in [3.8, 4) is 0 Å². The average Bonchev–Trinajstić information content (AvgIpc) is 2.54. The van der Waals surface area contributed by atoms with Crippen LogP contribution in [0.25, 0.3) is 0 Å². The fraction of sp³-hybridized carbons (Fsp3) is 0.714. The van der Waals surface area contributed by atoms with Crippen LogP contribution in [0, 0.1) is 0 Å². The number of rotatable bonds is 2. The second kappa shape index (κ2) is 2.04. The van der Waals surface area contributed by atoms with Gasteiger partial charge in [0.15, 0.2) is 0 Å². The fourth-order valence-corrected chi connectivity index (χ4v) is 1.17. The maximum atomic E-state index is 5.94. The van der Waals surface area contributed by atoms with Crippen molar-refractivity contribution in [3.63, 3.8) is 0 Å². The number of hydrogen-bond donors (Lipinski definition) is 1. The quantitative estimate of drug-likeness (QED) is 0.641. The average molecular weight is 152 g/mol. The van der Waals surface area contributed by atoms with Gasteiger partial charge in [0.1, 0.15) is 0 Å². The maximum absolute atomic E-state index is 5.94. The normalized spacial score (nSPS) is 20.2. The standard InChI is InChI=1S/C7H12N4/c1-11-6(5-9-10-11)4-7(8)2-3-7/h5H,2-4,8H2,1H3. The number of aryl methyl sites for hydroxylation is 1. The molecule has 0 bridgehead atoms. The van der Waals surface area contributed by atoms with Crippen LogP contribution >= 0.6 is 0 Å². The van der Waals surface area contributed by atoms with Gasteiger partial charge in [-0.1, -0.05) is 5.21 Å². The molecule has 0 spiro atoms. The van der Waals surface area contributed by atoms with Crippen LogP contribution in [0.4, 0.5) is 0 Å². The predicted octanol–water partition coefficient (Wildman–Crippen LogP) is -0.151. The number of nitrogens with zero attached hydrogens (tertiary/aromatic N) is 3. The molecule has 2 N–H and O–H groups in total. The van der Waals surface area contributed by atoms with Crippen LogP contribution in [-0.4, -0.2) is 20.5 Å². The Bertz CT molecular complexity index is 261. The lowest BCUT2D eigenvalue weighted by molar-refractivity contribution is 0.605. The second-order valence-electron chi connectivity index (χ2n) is 3.39. The van der Waals surface area contributed by atoms with Crippen molar-refractivity contribution in [2.75, 3.05) is 0 Å². The van der Waals surface area contributed by atoms with E-state index in [1.54, 1.807) is 10.9 Å². The molecule has 0 amide bonds. The van der Waals surface area contributed by atoms with Gasteiger partial charge >= 0.3 is 0 Å². The molecule has 0 unspecified atom stereocenters. The molecule has 11 heavy (non-hydrogen) atoms. The first-order valence-corrected chi connectivity index (χ1v) is 3.82. The van der Waals surface area contributed by atoms with Crippen LogP contribution < -0.4 is 5.73 Å². The summed E-state index contributed by atoms with van der Waals surface area (Å²) in [5.41, 5.74) is 7.13. The number of aromatic nitrogens is 3. The molecule has 1 fully saturated rings. The van der Waals surface area contributed by atoms with Gasteiger partial charge in [0.05, 0.1) is 11.9 Å². The smallest absolute Gasteiger partial charge is 0.0725 e. The van der Waals surface area contributed by atoms with Gasteiger partial charge in [-0.3, -0.25) is 4.68 Å². The first kappa shape index (κ1) is 6.79. The topological polar surface area (TPSA) is 56.7 Å². The number of nitrogens with two attached hydrogens (primary N) is 1. The molecule has 1 aliphatic carbocycles. The van der Waals surface area contributed by atoms with Gasteiger partial charge in [-0.15, -0.1) is 5.10 Å². The van der Waals surface area contributed by atoms with Crippen molar-refractivity contribution < 1.29 is 0 Å². The Morgan fingerprint density at radius 3 is 2.91 bits per heavy atom. The lowest BCUT2D eigenvalue weighted by Gasteiger charge is -2.06. The number of hydrogen-bond acceptors (Lipinski definition) is 3. The summed E-state index contributed by atoms with van der Waals surface area (Å²) in [5, 5.41) is 7.63. The van der Waals surface area contributed by atoms with Gasteiger partial charge in [0.2, 0.25) is 0 Å². The molecule has 0 radical (unpaired) electrons. The summed E-state index contributed by atoms with van der Waals surface area (Å²) in [7, 11) is 1.90. The highest BCUT2D eigenvalue weighted by Gasteiger charge is 2.38. The Morgan fingerprint density at radius 1 is 1.73 bits per heavy atom. The van der Waals surface area contributed by atoms with Gasteiger partial charge in [-0.05, 0) is 12.8 Å². The molecule has 0 aromatic carbocycles. The summed E-state index contributed by atoms with van der Waals surface area (Å²) in [6.45, 7) is 0. The molecule has 4 nitrogen and oxygen atoms in total. The molecule has 1 aromatic rings. The largest absolute Gasteiger partial charge is 0.325 e. The Hall–Kier alpha value is -0.900. The highest BCUT2D eigenvalue weighted by molar-refractivity contribution is 5.09. The van der Waals surface area contributed by atoms with E-state index in [-0.39, 0.29) is 5.54 Å². The molecular formula is C7H12N4. The summed E-state index contributed by atoms with van der Waals surface area (Å²) < 4.78 is 1.78. The molecule has 0 atom stereocenters. The van der Waals surface area contributed by atoms with Crippen molar-refractivity contribution >= 4 is 0 Å². The molecule has 0 aliphatic heterocycles. The summed E-state index contributed by atoms with van der Waals surface area (Å²) >= 11 is 0. The first-order chi connectivity index (χ1) is 5.20. The summed E-state index contributed by atoms with van der Waals surface area (Å²) in [6, 6.07) is 0. The molecule has 60 valence electrons. The molecule has 0 saturated heterocycles. The van der Waals surface area contributed by atoms with Gasteiger partial charge in [-0.25, -0.2) is 0 Å². The molecule has 2 rings (SSSR count). The highest BCUT2D eigenvalue weighted by atomic mass is 15.4. The van der Waals surface area contributed by atoms with Crippen molar-refractivity contribution in [1.82, 2.24) is 15.0 Å². The van der Waals surface area contributed by atoms with Crippen molar-refractivity contribution in [3.05, 3.63) is 11.9 Å². The van der Waals surface area contributed by atoms with Crippen LogP contribution in [0.3, 0.4) is 0 Å². The minimum atomic E-state index is 0.0650. The van der Waals surface area contributed by atoms with E-state index >= 15 is 0 Å². The van der Waals surface area contributed by atoms with Gasteiger partial charge in [0, 0.05) is 19.0 Å². The molecule has 1 heterocycles. The van der Waals surface area contributed by atoms with Crippen LogP contribution in [0.2, 0.25) is 0 Å². The first-order valence-electron chi connectivity index (χ1n) is 3.82. The third-order valence-electron chi connectivity index (χ3n) is 2.23. The van der Waals surface area contributed by atoms with Crippen LogP contribution in [0.15, 0.2) is 6.20 Å². The van der Waals surface area contributed by atoms with Crippen LogP contribution in [0.5, 0.6) is 0 Å². The summed E-state index contributed by atoms with van der Waals surface area (Å²) in [6.07, 6.45) is 4.97. The highest BCUT2D eigenvalue weighted by Crippen LogP contribution is 2.35. The van der Waals surface area contributed by atoms with E-state index in [2.05, 4.69) is 10.3 Å². The van der Waals surface area contributed by atoms with E-state index in [1.165, 1.54) is 0 Å². The van der Waals surface area contributed by atoms with Gasteiger partial charge in [0.25, 0.3) is 0 Å². The molecule has 1 saturated carbocycles. The Morgan fingerprint density at radius 2 is 2.45 bits per heavy atom. The minimum absolute atomic E-state index is 0.0650. The second-order valence-corrected chi connectivity index (χ2v) is 3.39. The zero-order valence-electron chi connectivity index (χ0n) is 6.62. The minimum Gasteiger partial charge on any atom is -0.325 e. The van der Waals surface area contributed by atoms with Crippen LogP contribution in [0.1, 0.15) is 18.5 Å². The van der Waals surface area contributed by atoms with Crippen molar-refractivity contribution in [2.45, 2.75) is 24.8 Å². The van der Waals surface area contributed by atoms with E-state index in [0.29, 0.717) is 0 Å². The van der Waals surface area contributed by atoms with E-state index < -0.39 is 0 Å². The van der Waals surface area contributed by atoms with E-state index in [1.807, 2.05) is 7.05 Å². The van der Waals surface area contributed by atoms with E-state index in [0.717, 1.165) is 25.0 Å². The molecule has 1 aromatic heterocycles. The summed E-state index contributed by atoms with van der Waals surface area (Å²) in [4.78, 5) is 0. The van der Waals surface area contributed by atoms with Crippen LogP contribution in [-0.2, 0) is 13.5 Å². The SMILES string of the molecule is Cn1nncc1CC1(N)CC1. The van der Waals surface area contributed by atoms with E-state index in [9.17, 15) is 0 Å². The molecule has 1 aliphatic rings. The third-order valence-corrected chi connectivity index (χ3v) is 2.23. The van der Waals surface area contributed by atoms with Crippen molar-refractivity contribution in [2.24, 2.45) is 12.8 Å². The predicted molar refractivity (Wildman–Crippen MR) is 40.9 cm³/mol. The fourth-order valence-electron chi connectivity index (χ4n) is 1.17. The zero-order valence-corrected chi connectivity index (χ0v) is 6.62.